The summed E-state index contributed by atoms with van der Waals surface area (Å²) in [5.41, 5.74) is 7.19. The van der Waals surface area contributed by atoms with E-state index in [-0.39, 0.29) is 17.7 Å². The third-order valence-electron chi connectivity index (χ3n) is 4.44. The lowest BCUT2D eigenvalue weighted by atomic mass is 10.1. The van der Waals surface area contributed by atoms with Gasteiger partial charge in [-0.15, -0.1) is 11.8 Å². The van der Waals surface area contributed by atoms with Gasteiger partial charge in [-0.1, -0.05) is 44.7 Å². The second kappa shape index (κ2) is 13.1. The molecule has 0 saturated carbocycles. The fourth-order valence-corrected chi connectivity index (χ4v) is 4.92. The molecule has 0 atom stereocenters. The summed E-state index contributed by atoms with van der Waals surface area (Å²) < 4.78 is 17.3. The van der Waals surface area contributed by atoms with Crippen molar-refractivity contribution in [2.45, 2.75) is 41.9 Å². The van der Waals surface area contributed by atoms with Crippen LogP contribution < -0.4 is 15.2 Å². The normalized spacial score (nSPS) is 10.6. The summed E-state index contributed by atoms with van der Waals surface area (Å²) in [5.74, 6) is 2.01. The highest BCUT2D eigenvalue weighted by Gasteiger charge is 2.28. The number of rotatable bonds is 12. The molecular weight excluding hydrogens is 442 g/mol. The zero-order valence-electron chi connectivity index (χ0n) is 18.9. The number of nitrogens with zero attached hydrogens (tertiary/aromatic N) is 2. The van der Waals surface area contributed by atoms with E-state index in [0.29, 0.717) is 36.3 Å². The Morgan fingerprint density at radius 2 is 1.59 bits per heavy atom. The van der Waals surface area contributed by atoms with Gasteiger partial charge < -0.3 is 19.9 Å². The molecule has 0 spiro atoms. The van der Waals surface area contributed by atoms with Crippen LogP contribution in [0.25, 0.3) is 0 Å². The Labute approximate surface area is 199 Å². The number of hydrogen-bond acceptors (Lipinski definition) is 8. The van der Waals surface area contributed by atoms with Crippen LogP contribution >= 0.6 is 23.5 Å². The summed E-state index contributed by atoms with van der Waals surface area (Å²) in [7, 11) is 1.58. The number of anilines is 1. The highest BCUT2D eigenvalue weighted by atomic mass is 32.2. The van der Waals surface area contributed by atoms with Gasteiger partial charge in [-0.25, -0.2) is 0 Å². The largest absolute Gasteiger partial charge is 0.491 e. The van der Waals surface area contributed by atoms with Crippen LogP contribution in [0.1, 0.15) is 38.3 Å². The second-order valence-corrected chi connectivity index (χ2v) is 9.56. The van der Waals surface area contributed by atoms with Crippen LogP contribution in [0.5, 0.6) is 11.5 Å². The zero-order chi connectivity index (χ0) is 23.5. The van der Waals surface area contributed by atoms with E-state index in [2.05, 4.69) is 26.0 Å². The molecule has 2 N–H and O–H groups in total. The van der Waals surface area contributed by atoms with Gasteiger partial charge in [0.05, 0.1) is 23.0 Å². The van der Waals surface area contributed by atoms with Crippen molar-refractivity contribution in [1.29, 1.82) is 10.5 Å². The summed E-state index contributed by atoms with van der Waals surface area (Å²) in [5, 5.41) is 19.9. The van der Waals surface area contributed by atoms with E-state index in [1.165, 1.54) is 11.8 Å². The van der Waals surface area contributed by atoms with Crippen molar-refractivity contribution in [2.75, 3.05) is 38.4 Å². The molecule has 170 valence electrons. The van der Waals surface area contributed by atoms with Gasteiger partial charge in [0.2, 0.25) is 0 Å². The first-order chi connectivity index (χ1) is 15.5. The topological polar surface area (TPSA) is 101 Å². The van der Waals surface area contributed by atoms with Crippen LogP contribution in [0.2, 0.25) is 0 Å². The number of hydrogen-bond donors (Lipinski definition) is 1. The van der Waals surface area contributed by atoms with E-state index in [1.807, 2.05) is 31.2 Å². The molecule has 0 aliphatic rings. The first kappa shape index (κ1) is 25.7. The first-order valence-corrected chi connectivity index (χ1v) is 12.2. The average Bonchev–Trinajstić information content (AvgIpc) is 2.77. The summed E-state index contributed by atoms with van der Waals surface area (Å²) in [6.45, 7) is 7.32. The van der Waals surface area contributed by atoms with Crippen LogP contribution in [0.3, 0.4) is 0 Å². The molecule has 0 amide bonds. The second-order valence-electron chi connectivity index (χ2n) is 7.24. The molecule has 8 heteroatoms. The molecular formula is C24H29N3O3S2. The predicted octanol–water partition coefficient (Wildman–Crippen LogP) is 5.73. The maximum Gasteiger partial charge on any atom is 0.153 e. The van der Waals surface area contributed by atoms with Gasteiger partial charge >= 0.3 is 0 Å². The highest BCUT2D eigenvalue weighted by molar-refractivity contribution is 8.02. The van der Waals surface area contributed by atoms with Gasteiger partial charge in [-0.05, 0) is 30.2 Å². The van der Waals surface area contributed by atoms with Gasteiger partial charge in [0.1, 0.15) is 29.9 Å². The van der Waals surface area contributed by atoms with E-state index in [4.69, 9.17) is 19.9 Å². The predicted molar refractivity (Wildman–Crippen MR) is 130 cm³/mol. The molecule has 2 aromatic rings. The van der Waals surface area contributed by atoms with Crippen LogP contribution in [0, 0.1) is 28.6 Å². The number of para-hydroxylation sites is 1. The van der Waals surface area contributed by atoms with Crippen molar-refractivity contribution in [2.24, 2.45) is 5.92 Å². The van der Waals surface area contributed by atoms with Crippen LogP contribution in [-0.4, -0.2) is 32.7 Å². The molecule has 0 unspecified atom stereocenters. The Morgan fingerprint density at radius 3 is 2.16 bits per heavy atom. The van der Waals surface area contributed by atoms with Crippen molar-refractivity contribution in [3.8, 4) is 23.6 Å². The molecule has 0 aromatic heterocycles. The monoisotopic (exact) mass is 471 g/mol. The molecule has 0 aliphatic heterocycles. The molecule has 2 aromatic carbocycles. The number of nitrogens with two attached hydrogens (primary N) is 1. The third kappa shape index (κ3) is 6.49. The molecule has 0 heterocycles. The van der Waals surface area contributed by atoms with Crippen molar-refractivity contribution >= 4 is 29.2 Å². The highest BCUT2D eigenvalue weighted by Crippen LogP contribution is 2.51. The fraction of sp³-hybridized carbons (Fsp3) is 0.417. The molecule has 32 heavy (non-hydrogen) atoms. The minimum absolute atomic E-state index is 0.167. The van der Waals surface area contributed by atoms with E-state index in [0.717, 1.165) is 26.9 Å². The maximum atomic E-state index is 9.98. The number of nitrogen functional groups attached to an aromatic ring is 1. The summed E-state index contributed by atoms with van der Waals surface area (Å²) in [4.78, 5) is 2.34. The fourth-order valence-electron chi connectivity index (χ4n) is 2.82. The number of nitriles is 2. The number of thioether (sulfide) groups is 1. The number of methoxy groups -OCH3 is 1. The van der Waals surface area contributed by atoms with E-state index < -0.39 is 0 Å². The minimum atomic E-state index is 0.167. The lowest BCUT2D eigenvalue weighted by molar-refractivity contribution is 0.144. The SMILES string of the molecule is CCSc1c(OCCC(C)C)c(C#N)c(C#N)c(OCCOC)c1Sc1ccccc1N. The molecule has 0 saturated heterocycles. The van der Waals surface area contributed by atoms with Crippen molar-refractivity contribution in [3.05, 3.63) is 35.4 Å². The van der Waals surface area contributed by atoms with Gasteiger partial charge in [-0.3, -0.25) is 0 Å². The van der Waals surface area contributed by atoms with Crippen LogP contribution in [-0.2, 0) is 4.74 Å². The lowest BCUT2D eigenvalue weighted by Crippen LogP contribution is -2.10. The van der Waals surface area contributed by atoms with E-state index in [1.54, 1.807) is 18.9 Å². The Balaban J connectivity index is 2.74. The third-order valence-corrected chi connectivity index (χ3v) is 6.72. The van der Waals surface area contributed by atoms with E-state index in [9.17, 15) is 10.5 Å². The molecule has 0 radical (unpaired) electrons. The lowest BCUT2D eigenvalue weighted by Gasteiger charge is -2.22. The van der Waals surface area contributed by atoms with Crippen molar-refractivity contribution in [3.63, 3.8) is 0 Å². The van der Waals surface area contributed by atoms with Crippen molar-refractivity contribution < 1.29 is 14.2 Å². The van der Waals surface area contributed by atoms with Gasteiger partial charge in [0.15, 0.2) is 11.5 Å². The average molecular weight is 472 g/mol. The van der Waals surface area contributed by atoms with Gasteiger partial charge in [-0.2, -0.15) is 10.5 Å². The first-order valence-electron chi connectivity index (χ1n) is 10.4. The minimum Gasteiger partial charge on any atom is -0.491 e. The number of benzene rings is 2. The van der Waals surface area contributed by atoms with Crippen LogP contribution in [0.15, 0.2) is 39.0 Å². The Kier molecular flexibility index (Phi) is 10.6. The standard InChI is InChI=1S/C24H29N3O3S2/c1-5-31-23-21(29-11-10-16(2)3)17(14-25)18(15-26)22(30-13-12-28-4)24(23)32-20-9-7-6-8-19(20)27/h6-9,16H,5,10-13,27H2,1-4H3. The van der Waals surface area contributed by atoms with Gasteiger partial charge in [0, 0.05) is 17.7 Å². The van der Waals surface area contributed by atoms with Gasteiger partial charge in [0.25, 0.3) is 0 Å². The molecule has 0 aliphatic carbocycles. The molecule has 0 fully saturated rings. The maximum absolute atomic E-state index is 9.98. The molecule has 0 bridgehead atoms. The zero-order valence-corrected chi connectivity index (χ0v) is 20.6. The van der Waals surface area contributed by atoms with Crippen molar-refractivity contribution in [1.82, 2.24) is 0 Å². The smallest absolute Gasteiger partial charge is 0.153 e. The Bertz CT molecular complexity index is 997. The summed E-state index contributed by atoms with van der Waals surface area (Å²) in [6, 6.07) is 11.9. The van der Waals surface area contributed by atoms with Crippen LogP contribution in [0.4, 0.5) is 5.69 Å². The molecule has 6 nitrogen and oxygen atoms in total. The Morgan fingerprint density at radius 1 is 0.969 bits per heavy atom. The molecule has 2 rings (SSSR count). The number of ether oxygens (including phenoxy) is 3. The van der Waals surface area contributed by atoms with E-state index >= 15 is 0 Å². The summed E-state index contributed by atoms with van der Waals surface area (Å²) in [6.07, 6.45) is 0.836. The summed E-state index contributed by atoms with van der Waals surface area (Å²) >= 11 is 2.97. The Hall–Kier alpha value is -2.52. The quantitative estimate of drug-likeness (QED) is 0.238.